The molecule has 0 spiro atoms. The van der Waals surface area contributed by atoms with Gasteiger partial charge in [0.1, 0.15) is 114 Å². The van der Waals surface area contributed by atoms with Crippen molar-refractivity contribution >= 4 is 70.6 Å². The maximum absolute atomic E-state index is 16.5. The second-order valence-corrected chi connectivity index (χ2v) is 32.5. The summed E-state index contributed by atoms with van der Waals surface area (Å²) in [6.07, 6.45) is -9.97. The van der Waals surface area contributed by atoms with E-state index in [1.165, 1.54) is 56.4 Å². The van der Waals surface area contributed by atoms with E-state index in [0.717, 1.165) is 93.7 Å². The van der Waals surface area contributed by atoms with E-state index in [2.05, 4.69) is 58.1 Å². The number of ether oxygens (including phenoxy) is 6. The van der Waals surface area contributed by atoms with E-state index in [-0.39, 0.29) is 91.4 Å². The normalized spacial score (nSPS) is 28.3. The number of benzene rings is 6. The van der Waals surface area contributed by atoms with Gasteiger partial charge in [0.05, 0.1) is 30.7 Å². The number of amides is 10. The van der Waals surface area contributed by atoms with Gasteiger partial charge in [-0.15, -0.1) is 0 Å². The van der Waals surface area contributed by atoms with E-state index in [4.69, 9.17) is 45.8 Å². The summed E-state index contributed by atoms with van der Waals surface area (Å²) in [5.41, 5.74) is 4.44. The van der Waals surface area contributed by atoms with Gasteiger partial charge in [0.15, 0.2) is 11.5 Å². The molecule has 15 bridgehead atoms. The molecule has 11 aliphatic rings. The molecule has 7 aliphatic heterocycles. The number of aryl methyl sites for hydroxylation is 1. The van der Waals surface area contributed by atoms with Crippen LogP contribution >= 0.6 is 11.6 Å². The molecule has 1 unspecified atom stereocenters. The van der Waals surface area contributed by atoms with Crippen LogP contribution in [0.4, 0.5) is 10.5 Å². The van der Waals surface area contributed by atoms with Crippen LogP contribution in [-0.4, -0.2) is 213 Å². The van der Waals surface area contributed by atoms with E-state index < -0.39 is 192 Å². The lowest BCUT2D eigenvalue weighted by Gasteiger charge is -2.54. The Morgan fingerprint density at radius 1 is 0.655 bits per heavy atom. The molecule has 35 nitrogen and oxygen atoms in total. The van der Waals surface area contributed by atoms with Crippen LogP contribution in [0.25, 0.3) is 11.1 Å². The van der Waals surface area contributed by atoms with E-state index in [1.54, 1.807) is 12.1 Å². The van der Waals surface area contributed by atoms with Gasteiger partial charge < -0.3 is 123 Å². The number of aliphatic hydroxyl groups excluding tert-OH is 5. The Labute approximate surface area is 687 Å². The van der Waals surface area contributed by atoms with Crippen LogP contribution in [0.3, 0.4) is 0 Å². The Morgan fingerprint density at radius 2 is 1.30 bits per heavy atom. The molecule has 20 N–H and O–H groups in total. The van der Waals surface area contributed by atoms with Gasteiger partial charge in [-0.25, -0.2) is 4.79 Å². The van der Waals surface area contributed by atoms with Crippen LogP contribution in [0.1, 0.15) is 123 Å². The monoisotopic (exact) mass is 1660 g/mol. The Balaban J connectivity index is 0.912. The molecule has 6 aromatic carbocycles. The highest BCUT2D eigenvalue weighted by molar-refractivity contribution is 6.32. The molecular weight excluding hydrogens is 1570 g/mol. The first kappa shape index (κ1) is 84.5. The van der Waals surface area contributed by atoms with Crippen LogP contribution < -0.4 is 77.8 Å². The van der Waals surface area contributed by atoms with Crippen molar-refractivity contribution in [2.24, 2.45) is 35.3 Å². The van der Waals surface area contributed by atoms with E-state index >= 15 is 28.8 Å². The number of carbonyl (C=O) groups is 9. The second-order valence-electron chi connectivity index (χ2n) is 32.1. The van der Waals surface area contributed by atoms with Crippen LogP contribution in [-0.2, 0) is 47.8 Å². The summed E-state index contributed by atoms with van der Waals surface area (Å²) in [6.45, 7) is 8.39. The maximum atomic E-state index is 16.5. The average molecular weight is 1670 g/mol. The number of aliphatic hydroxyl groups is 5. The Morgan fingerprint density at radius 3 is 1.97 bits per heavy atom. The Hall–Kier alpha value is -11.0. The number of phenols is 3. The average Bonchev–Trinajstić information content (AvgIpc) is 0.756. The Bertz CT molecular complexity index is 4850. The molecule has 4 saturated carbocycles. The number of halogens is 1. The van der Waals surface area contributed by atoms with Crippen molar-refractivity contribution in [1.29, 1.82) is 0 Å². The summed E-state index contributed by atoms with van der Waals surface area (Å²) >= 11 is 7.20. The quantitative estimate of drug-likeness (QED) is 0.0624. The van der Waals surface area contributed by atoms with Gasteiger partial charge in [0.2, 0.25) is 59.3 Å². The second kappa shape index (κ2) is 35.9. The molecular formula is C83H97ClN12O23. The zero-order valence-corrected chi connectivity index (χ0v) is 66.1. The summed E-state index contributed by atoms with van der Waals surface area (Å²) in [4.78, 5) is 140. The number of phenolic OH excluding ortho intramolecular Hbond substituents is 3. The van der Waals surface area contributed by atoms with Crippen LogP contribution in [0.5, 0.6) is 51.7 Å². The lowest BCUT2D eigenvalue weighted by atomic mass is 9.54. The van der Waals surface area contributed by atoms with E-state index in [1.807, 2.05) is 13.8 Å². The summed E-state index contributed by atoms with van der Waals surface area (Å²) in [5, 5.41) is 121. The van der Waals surface area contributed by atoms with Crippen molar-refractivity contribution in [2.75, 3.05) is 58.4 Å². The van der Waals surface area contributed by atoms with Crippen LogP contribution in [0.15, 0.2) is 103 Å². The molecule has 14 atom stereocenters. The third-order valence-corrected chi connectivity index (χ3v) is 23.7. The molecule has 36 heteroatoms. The van der Waals surface area contributed by atoms with Gasteiger partial charge in [-0.2, -0.15) is 0 Å². The van der Waals surface area contributed by atoms with Gasteiger partial charge in [-0.1, -0.05) is 43.6 Å². The molecule has 0 radical (unpaired) electrons. The van der Waals surface area contributed by atoms with Gasteiger partial charge in [-0.3, -0.25) is 48.6 Å². The fourth-order valence-corrected chi connectivity index (χ4v) is 17.7. The predicted octanol–water partition coefficient (Wildman–Crippen LogP) is 2.92. The zero-order chi connectivity index (χ0) is 84.5. The Kier molecular flexibility index (Phi) is 25.5. The molecule has 6 fully saturated rings. The summed E-state index contributed by atoms with van der Waals surface area (Å²) in [5.74, 6) is -12.3. The number of imide groups is 1. The first-order valence-electron chi connectivity index (χ1n) is 39.7. The summed E-state index contributed by atoms with van der Waals surface area (Å²) < 4.78 is 37.3. The first-order valence-corrected chi connectivity index (χ1v) is 40.0. The van der Waals surface area contributed by atoms with Crippen molar-refractivity contribution in [3.63, 3.8) is 0 Å². The number of rotatable bonds is 17. The molecule has 119 heavy (non-hydrogen) atoms. The highest BCUT2D eigenvalue weighted by Gasteiger charge is 2.51. The number of carbonyl (C=O) groups excluding carboxylic acids is 9. The fraction of sp³-hybridized carbons (Fsp3) is 0.458. The van der Waals surface area contributed by atoms with Crippen molar-refractivity contribution in [2.45, 2.75) is 157 Å². The number of likely N-dealkylation sites (N-methyl/N-ethyl adjacent to an activating group) is 1. The summed E-state index contributed by atoms with van der Waals surface area (Å²) in [7, 11) is 1.50. The number of nitrogens with two attached hydrogens (primary N) is 1. The lowest BCUT2D eigenvalue weighted by molar-refractivity contribution is -0.270. The van der Waals surface area contributed by atoms with Crippen molar-refractivity contribution in [1.82, 2.24) is 52.8 Å². The van der Waals surface area contributed by atoms with Gasteiger partial charge >= 0.3 is 6.03 Å². The number of morpholine rings is 1. The van der Waals surface area contributed by atoms with Crippen molar-refractivity contribution < 1.29 is 112 Å². The lowest BCUT2D eigenvalue weighted by Crippen LogP contribution is -2.60. The highest BCUT2D eigenvalue weighted by atomic mass is 35.5. The molecule has 634 valence electrons. The molecule has 4 aliphatic carbocycles. The van der Waals surface area contributed by atoms with Crippen LogP contribution in [0.2, 0.25) is 5.02 Å². The minimum atomic E-state index is -2.35. The fourth-order valence-electron chi connectivity index (χ4n) is 17.5. The smallest absolute Gasteiger partial charge is 0.325 e. The molecule has 2 saturated heterocycles. The standard InChI is InChI=1S/C83H97ClN12O23/c1-36(2)21-52(86-4)75(106)94-67-69(101)41-6-13-56(37(3)22-41)116-58-30-45-31-59(74(58)119-82-73(105)72(104)71(103)60(35-85)118-82)117-57-14-7-42(29-51(57)84)70(102)68-81(112)93-66(79(110)90-63-43-24-38-23-39(26-43)27-44(63)25-38)50-32-47(97)33-55(99)62(50)49-28-40(5-12-54(49)98)64(77(108)95-68)92-78(109)65(45)91-76(107)53(88-80(67)111)34-61(100)89-83(113)87-46-8-10-48(11-9-46)115-20-17-96-15-18-114-19-16-96/h5-14,22,28-33,36,38-39,43-44,52-53,60,63-73,82,86,97-99,101-105H,15-21,23-27,34-35,85H2,1-4H3,(H,88,111)(H,90,110)(H,91,107)(H,92,109)(H,93,112)(H,94,106)(H,95,108)(H2,87,89,100,113)/t38?,39?,43?,44?,52-,53+,60-,63?,64-,65?,66+,67-,68+,69-,70-,71-,72+,73-,82+/m1/s1. The molecule has 17 rings (SSSR count). The minimum Gasteiger partial charge on any atom is -0.508 e. The highest BCUT2D eigenvalue weighted by Crippen LogP contribution is 2.55. The first-order chi connectivity index (χ1) is 56.9. The molecule has 0 aromatic heterocycles. The van der Waals surface area contributed by atoms with Crippen molar-refractivity contribution in [3.05, 3.63) is 142 Å². The third kappa shape index (κ3) is 18.6. The molecule has 6 aromatic rings. The number of anilines is 1. The number of aromatic hydroxyl groups is 3. The van der Waals surface area contributed by atoms with Crippen molar-refractivity contribution in [3.8, 4) is 62.9 Å². The predicted molar refractivity (Wildman–Crippen MR) is 423 cm³/mol. The largest absolute Gasteiger partial charge is 0.508 e. The number of fused-ring (bicyclic) bond motifs is 15. The van der Waals surface area contributed by atoms with Gasteiger partial charge in [0, 0.05) is 55.1 Å². The van der Waals surface area contributed by atoms with Crippen LogP contribution in [0, 0.1) is 36.5 Å². The van der Waals surface area contributed by atoms with Gasteiger partial charge in [-0.05, 0) is 194 Å². The number of hydrogen-bond acceptors (Lipinski definition) is 26. The SMILES string of the molecule is CN[C@H](CC(C)C)C(=O)N[C@H]1C(=O)N[C@@H](CC(=O)NC(=O)Nc2ccc(OCCN3CCOCC3)cc2)C(=O)NC2C(=O)N[C@H]3C(=O)N[C@H](C(=O)N[C@H](C(=O)NC4C5CC6CC(C5)CC4C6)c4cc(O)cc(O)c4-c4cc3ccc4O)[C@H](O)c3ccc(c(Cl)c3)Oc3cc2cc(c3O[C@@H]2O[C@H](CN)[C@@H](O)[C@H](O)[C@H]2O)Oc2ccc(cc2C)[C@H]1O. The van der Waals surface area contributed by atoms with E-state index in [0.29, 0.717) is 44.0 Å². The number of nitrogens with one attached hydrogen (secondary N) is 10. The topological polar surface area (TPSA) is 520 Å². The number of nitrogens with zero attached hydrogens (tertiary/aromatic N) is 1. The number of hydrogen-bond donors (Lipinski definition) is 19. The van der Waals surface area contributed by atoms with E-state index in [9.17, 15) is 55.2 Å². The maximum Gasteiger partial charge on any atom is 0.325 e. The minimum absolute atomic E-state index is 0.0421. The summed E-state index contributed by atoms with van der Waals surface area (Å²) in [6, 6.07) is 5.91. The molecule has 7 heterocycles. The third-order valence-electron chi connectivity index (χ3n) is 23.4. The molecule has 10 amide bonds. The van der Waals surface area contributed by atoms with Gasteiger partial charge in [0.25, 0.3) is 0 Å². The zero-order valence-electron chi connectivity index (χ0n) is 65.4. The number of urea groups is 1.